The first kappa shape index (κ1) is 17.7. The average Bonchev–Trinajstić information content (AvgIpc) is 2.58. The van der Waals surface area contributed by atoms with Gasteiger partial charge in [-0.3, -0.25) is 0 Å². The van der Waals surface area contributed by atoms with E-state index in [-0.39, 0.29) is 11.5 Å². The maximum absolute atomic E-state index is 10.6. The van der Waals surface area contributed by atoms with Gasteiger partial charge in [-0.15, -0.1) is 0 Å². The van der Waals surface area contributed by atoms with Crippen molar-refractivity contribution in [3.63, 3.8) is 0 Å². The van der Waals surface area contributed by atoms with Gasteiger partial charge in [0.1, 0.15) is 11.5 Å². The molecule has 2 nitrogen and oxygen atoms in total. The minimum Gasteiger partial charge on any atom is -0.506 e. The van der Waals surface area contributed by atoms with E-state index in [0.29, 0.717) is 4.90 Å². The minimum absolute atomic E-state index is 0.241. The Labute approximate surface area is 143 Å². The van der Waals surface area contributed by atoms with Crippen molar-refractivity contribution in [2.45, 2.75) is 62.2 Å². The van der Waals surface area contributed by atoms with Crippen LogP contribution in [0, 0.1) is 0 Å². The van der Waals surface area contributed by atoms with E-state index in [4.69, 9.17) is 0 Å². The topological polar surface area (TPSA) is 40.5 Å². The van der Waals surface area contributed by atoms with Crippen molar-refractivity contribution in [3.8, 4) is 11.5 Å². The highest BCUT2D eigenvalue weighted by Crippen LogP contribution is 2.45. The second kappa shape index (κ2) is 8.88. The molecule has 124 valence electrons. The van der Waals surface area contributed by atoms with E-state index in [2.05, 4.69) is 13.8 Å². The Balaban J connectivity index is 2.40. The first-order valence-corrected chi connectivity index (χ1v) is 9.28. The van der Waals surface area contributed by atoms with Gasteiger partial charge in [0.15, 0.2) is 0 Å². The molecule has 0 bridgehead atoms. The number of hydrogen-bond acceptors (Lipinski definition) is 3. The fourth-order valence-corrected chi connectivity index (χ4v) is 3.55. The second-order valence-electron chi connectivity index (χ2n) is 5.84. The zero-order chi connectivity index (χ0) is 16.7. The van der Waals surface area contributed by atoms with E-state index in [1.807, 2.05) is 36.4 Å². The molecular formula is C20H26O2S. The maximum Gasteiger partial charge on any atom is 0.136 e. The van der Waals surface area contributed by atoms with E-state index in [0.717, 1.165) is 54.5 Å². The first-order chi connectivity index (χ1) is 11.2. The molecule has 0 heterocycles. The molecule has 0 saturated heterocycles. The number of phenols is 2. The molecule has 0 aromatic heterocycles. The van der Waals surface area contributed by atoms with Crippen molar-refractivity contribution < 1.29 is 10.2 Å². The molecule has 0 aliphatic heterocycles. The van der Waals surface area contributed by atoms with Gasteiger partial charge in [-0.05, 0) is 55.0 Å². The van der Waals surface area contributed by atoms with Crippen molar-refractivity contribution in [2.24, 2.45) is 0 Å². The summed E-state index contributed by atoms with van der Waals surface area (Å²) in [5.41, 5.74) is 1.91. The summed E-state index contributed by atoms with van der Waals surface area (Å²) in [5, 5.41) is 21.3. The van der Waals surface area contributed by atoms with Crippen LogP contribution in [0.4, 0.5) is 0 Å². The molecule has 0 aliphatic rings. The van der Waals surface area contributed by atoms with Crippen molar-refractivity contribution in [1.82, 2.24) is 0 Å². The summed E-state index contributed by atoms with van der Waals surface area (Å²) in [6.07, 6.45) is 5.97. The van der Waals surface area contributed by atoms with Gasteiger partial charge in [-0.2, -0.15) is 0 Å². The molecule has 0 spiro atoms. The van der Waals surface area contributed by atoms with Gasteiger partial charge >= 0.3 is 0 Å². The summed E-state index contributed by atoms with van der Waals surface area (Å²) in [4.78, 5) is 1.61. The smallest absolute Gasteiger partial charge is 0.136 e. The van der Waals surface area contributed by atoms with Gasteiger partial charge in [-0.25, -0.2) is 0 Å². The third-order valence-corrected chi connectivity index (χ3v) is 5.05. The molecule has 0 radical (unpaired) electrons. The molecule has 2 N–H and O–H groups in total. The molecule has 0 saturated carbocycles. The van der Waals surface area contributed by atoms with Crippen molar-refractivity contribution >= 4 is 11.8 Å². The molecule has 0 unspecified atom stereocenters. The molecule has 2 aromatic carbocycles. The molecule has 2 aromatic rings. The molecule has 0 aliphatic carbocycles. The highest BCUT2D eigenvalue weighted by molar-refractivity contribution is 7.99. The molecular weight excluding hydrogens is 304 g/mol. The van der Waals surface area contributed by atoms with Crippen LogP contribution in [0.25, 0.3) is 0 Å². The second-order valence-corrected chi connectivity index (χ2v) is 6.93. The Morgan fingerprint density at radius 1 is 0.826 bits per heavy atom. The van der Waals surface area contributed by atoms with Crippen LogP contribution in [-0.4, -0.2) is 10.2 Å². The van der Waals surface area contributed by atoms with E-state index >= 15 is 0 Å². The normalized spacial score (nSPS) is 10.9. The fraction of sp³-hybridized carbons (Fsp3) is 0.400. The van der Waals surface area contributed by atoms with E-state index in [1.54, 1.807) is 0 Å². The molecule has 0 fully saturated rings. The zero-order valence-corrected chi connectivity index (χ0v) is 14.8. The van der Waals surface area contributed by atoms with Crippen LogP contribution in [0.5, 0.6) is 11.5 Å². The lowest BCUT2D eigenvalue weighted by molar-refractivity contribution is 0.418. The van der Waals surface area contributed by atoms with Crippen molar-refractivity contribution in [3.05, 3.63) is 47.5 Å². The van der Waals surface area contributed by atoms with Crippen LogP contribution in [-0.2, 0) is 12.8 Å². The Morgan fingerprint density at radius 2 is 1.35 bits per heavy atom. The monoisotopic (exact) mass is 330 g/mol. The van der Waals surface area contributed by atoms with Crippen LogP contribution in [0.1, 0.15) is 50.7 Å². The van der Waals surface area contributed by atoms with Gasteiger partial charge in [0.25, 0.3) is 0 Å². The predicted molar refractivity (Wildman–Crippen MR) is 97.6 cm³/mol. The molecule has 3 heteroatoms. The summed E-state index contributed by atoms with van der Waals surface area (Å²) in [7, 11) is 0. The van der Waals surface area contributed by atoms with E-state index in [9.17, 15) is 10.2 Å². The molecule has 0 atom stereocenters. The van der Waals surface area contributed by atoms with Crippen molar-refractivity contribution in [1.29, 1.82) is 0 Å². The number of benzene rings is 2. The van der Waals surface area contributed by atoms with Crippen LogP contribution in [0.3, 0.4) is 0 Å². The quantitative estimate of drug-likeness (QED) is 0.630. The lowest BCUT2D eigenvalue weighted by Gasteiger charge is -2.15. The standard InChI is InChI=1S/C20H26O2S/c1-3-5-10-15-14-16(11-6-4-2)19(22)20(18(15)21)23-17-12-8-7-9-13-17/h7-9,12-14,21-22H,3-6,10-11H2,1-2H3. The Bertz CT molecular complexity index is 591. The minimum atomic E-state index is 0.241. The number of aryl methyl sites for hydroxylation is 2. The van der Waals surface area contributed by atoms with Gasteiger partial charge < -0.3 is 10.2 Å². The van der Waals surface area contributed by atoms with E-state index in [1.165, 1.54) is 11.8 Å². The van der Waals surface area contributed by atoms with E-state index < -0.39 is 0 Å². The molecule has 0 amide bonds. The Morgan fingerprint density at radius 3 is 1.83 bits per heavy atom. The maximum atomic E-state index is 10.6. The predicted octanol–water partition coefficient (Wildman–Crippen LogP) is 5.93. The molecule has 23 heavy (non-hydrogen) atoms. The SMILES string of the molecule is CCCCc1cc(CCCC)c(O)c(Sc2ccccc2)c1O. The summed E-state index contributed by atoms with van der Waals surface area (Å²) >= 11 is 1.44. The van der Waals surface area contributed by atoms with Crippen LogP contribution >= 0.6 is 11.8 Å². The highest BCUT2D eigenvalue weighted by atomic mass is 32.2. The van der Waals surface area contributed by atoms with Crippen LogP contribution < -0.4 is 0 Å². The number of hydrogen-bond donors (Lipinski definition) is 2. The largest absolute Gasteiger partial charge is 0.506 e. The zero-order valence-electron chi connectivity index (χ0n) is 14.0. The number of phenolic OH excluding ortho intramolecular Hbond substituents is 2. The lowest BCUT2D eigenvalue weighted by Crippen LogP contribution is -1.95. The van der Waals surface area contributed by atoms with Gasteiger partial charge in [0.2, 0.25) is 0 Å². The Hall–Kier alpha value is -1.61. The van der Waals surface area contributed by atoms with Crippen LogP contribution in [0.15, 0.2) is 46.2 Å². The van der Waals surface area contributed by atoms with Gasteiger partial charge in [0, 0.05) is 4.90 Å². The number of aromatic hydroxyl groups is 2. The summed E-state index contributed by atoms with van der Waals surface area (Å²) in [6, 6.07) is 11.9. The fourth-order valence-electron chi connectivity index (χ4n) is 2.57. The summed E-state index contributed by atoms with van der Waals surface area (Å²) in [5.74, 6) is 0.482. The number of rotatable bonds is 8. The summed E-state index contributed by atoms with van der Waals surface area (Å²) < 4.78 is 0. The third kappa shape index (κ3) is 4.68. The number of unbranched alkanes of at least 4 members (excludes halogenated alkanes) is 2. The van der Waals surface area contributed by atoms with Crippen molar-refractivity contribution in [2.75, 3.05) is 0 Å². The average molecular weight is 330 g/mol. The highest BCUT2D eigenvalue weighted by Gasteiger charge is 2.18. The summed E-state index contributed by atoms with van der Waals surface area (Å²) in [6.45, 7) is 4.30. The lowest BCUT2D eigenvalue weighted by atomic mass is 10.00. The Kier molecular flexibility index (Phi) is 6.85. The van der Waals surface area contributed by atoms with Crippen LogP contribution in [0.2, 0.25) is 0 Å². The van der Waals surface area contributed by atoms with Gasteiger partial charge in [0.05, 0.1) is 4.90 Å². The van der Waals surface area contributed by atoms with Gasteiger partial charge in [-0.1, -0.05) is 56.7 Å². The third-order valence-electron chi connectivity index (χ3n) is 3.95. The first-order valence-electron chi connectivity index (χ1n) is 8.46. The molecule has 2 rings (SSSR count).